The lowest BCUT2D eigenvalue weighted by atomic mass is 9.39. The number of carboxylic acids is 2. The molecule has 3 aliphatic heterocycles. The topological polar surface area (TPSA) is 372 Å². The summed E-state index contributed by atoms with van der Waals surface area (Å²) in [6, 6.07) is 21.0. The molecule has 3 unspecified atom stereocenters. The first-order valence-corrected chi connectivity index (χ1v) is 38.3. The Morgan fingerprint density at radius 2 is 1.51 bits per heavy atom. The average molecular weight is 1500 g/mol. The molecular weight excluding hydrogens is 1400 g/mol. The van der Waals surface area contributed by atoms with Crippen LogP contribution in [0, 0.1) is 29.1 Å². The van der Waals surface area contributed by atoms with Crippen LogP contribution in [0.4, 0.5) is 26.2 Å². The van der Waals surface area contributed by atoms with Crippen molar-refractivity contribution in [2.45, 2.75) is 181 Å². The maximum Gasteiger partial charge on any atom is 0.410 e. The first-order chi connectivity index (χ1) is 51.6. The van der Waals surface area contributed by atoms with Crippen molar-refractivity contribution in [1.29, 1.82) is 0 Å². The fraction of sp³-hybridized carbons (Fsp3) is 0.506. The van der Waals surface area contributed by atoms with Crippen molar-refractivity contribution >= 4 is 97.7 Å². The van der Waals surface area contributed by atoms with Crippen molar-refractivity contribution in [3.63, 3.8) is 0 Å². The zero-order valence-electron chi connectivity index (χ0n) is 62.0. The van der Waals surface area contributed by atoms with Gasteiger partial charge < -0.3 is 56.5 Å². The molecule has 6 heterocycles. The standard InChI is InChI=1S/C79H98N14O14S/c1-49(2)67(87-63(94)18-7-6-10-32-92-64(95)25-26-65(92)96)71(101)84-60(16-12-31-81-73(80)104)70(100)83-53-21-19-51(20-22-53)41-106-75(105)90-34-28-54(29-35-90)89(36-30-66(97)98)37-38-107-79-45-76(4)42-77(5,46-79)44-78(43-76,47-79)48-93-50(3)57(39-82-93)55-23-24-62(86-68(55)72(102)103)91-33-27-52-13-11-14-56(58(52)40-91)69(99)88-74-85-59-15-8-9-17-61(59)108-74/h8-9,11,13-15,17,19-26,39,49,54,60,67H,6-7,10,12,16,18,27-38,40-48H2,1-5H3,(H,83,100)(H,84,101)(H,87,94)(H,97,98)(H,102,103)(H3,80,81,104)(H,85,88,99)/t60-,67?,76?,77?,78?,79?/m0/s1. The molecule has 7 aliphatic rings. The number of primary amides is 1. The highest BCUT2D eigenvalue weighted by Gasteiger charge is 2.66. The van der Waals surface area contributed by atoms with Crippen LogP contribution in [0.2, 0.25) is 0 Å². The number of nitrogens with two attached hydrogens (primary N) is 1. The van der Waals surface area contributed by atoms with E-state index in [4.69, 9.17) is 25.3 Å². The zero-order valence-corrected chi connectivity index (χ0v) is 62.8. The maximum absolute atomic E-state index is 13.8. The van der Waals surface area contributed by atoms with Gasteiger partial charge in [-0.15, -0.1) is 0 Å². The van der Waals surface area contributed by atoms with E-state index < -0.39 is 53.6 Å². The Kier molecular flexibility index (Phi) is 23.8. The number of anilines is 3. The molecule has 6 aromatic rings. The Bertz CT molecular complexity index is 4360. The van der Waals surface area contributed by atoms with Gasteiger partial charge in [-0.1, -0.05) is 81.9 Å². The largest absolute Gasteiger partial charge is 0.481 e. The number of ether oxygens (including phenoxy) is 2. The van der Waals surface area contributed by atoms with Crippen LogP contribution in [0.1, 0.15) is 167 Å². The molecular formula is C79H98N14O14S. The number of hydrogen-bond acceptors (Lipinski definition) is 18. The van der Waals surface area contributed by atoms with Crippen molar-refractivity contribution in [1.82, 2.24) is 50.4 Å². The first-order valence-electron chi connectivity index (χ1n) is 37.5. The summed E-state index contributed by atoms with van der Waals surface area (Å²) in [5.74, 6) is -4.40. The Morgan fingerprint density at radius 3 is 2.21 bits per heavy atom. The van der Waals surface area contributed by atoms with E-state index in [1.54, 1.807) is 49.2 Å². The molecule has 9 N–H and O–H groups in total. The van der Waals surface area contributed by atoms with Gasteiger partial charge in [0, 0.05) is 112 Å². The number of piperidine rings is 1. The number of imide groups is 1. The number of thiazole rings is 1. The lowest BCUT2D eigenvalue weighted by molar-refractivity contribution is -0.249. The van der Waals surface area contributed by atoms with E-state index in [0.717, 1.165) is 70.5 Å². The number of nitrogens with one attached hydrogen (secondary N) is 5. The van der Waals surface area contributed by atoms with Crippen LogP contribution in [0.3, 0.4) is 0 Å². The minimum Gasteiger partial charge on any atom is -0.481 e. The smallest absolute Gasteiger partial charge is 0.410 e. The maximum atomic E-state index is 13.8. The van der Waals surface area contributed by atoms with Crippen LogP contribution in [-0.2, 0) is 64.4 Å². The third-order valence-corrected chi connectivity index (χ3v) is 23.2. The normalized spacial score (nSPS) is 21.5. The van der Waals surface area contributed by atoms with Crippen molar-refractivity contribution in [2.75, 3.05) is 68.0 Å². The molecule has 29 heteroatoms. The molecule has 4 bridgehead atoms. The van der Waals surface area contributed by atoms with Crippen LogP contribution in [0.15, 0.2) is 97.2 Å². The number of urea groups is 1. The summed E-state index contributed by atoms with van der Waals surface area (Å²) in [6.07, 6.45) is 13.2. The summed E-state index contributed by atoms with van der Waals surface area (Å²) >= 11 is 1.41. The number of pyridine rings is 1. The highest BCUT2D eigenvalue weighted by molar-refractivity contribution is 7.22. The van der Waals surface area contributed by atoms with E-state index in [1.165, 1.54) is 23.5 Å². The zero-order chi connectivity index (χ0) is 76.7. The number of rotatable bonds is 33. The Hall–Kier alpha value is -10.1. The van der Waals surface area contributed by atoms with Crippen molar-refractivity contribution < 1.29 is 67.6 Å². The fourth-order valence-electron chi connectivity index (χ4n) is 18.3. The van der Waals surface area contributed by atoms with E-state index in [1.807, 2.05) is 71.1 Å². The van der Waals surface area contributed by atoms with Crippen molar-refractivity contribution in [2.24, 2.45) is 27.9 Å². The van der Waals surface area contributed by atoms with Gasteiger partial charge in [0.1, 0.15) is 24.5 Å². The number of carbonyl (C=O) groups is 10. The first kappa shape index (κ1) is 77.5. The van der Waals surface area contributed by atoms with E-state index in [-0.39, 0.29) is 103 Å². The van der Waals surface area contributed by atoms with Crippen LogP contribution in [0.25, 0.3) is 21.3 Å². The predicted octanol–water partition coefficient (Wildman–Crippen LogP) is 9.59. The number of nitrogens with zero attached hydrogens (tertiary/aromatic N) is 8. The summed E-state index contributed by atoms with van der Waals surface area (Å²) < 4.78 is 16.0. The number of aromatic nitrogens is 4. The second-order valence-electron chi connectivity index (χ2n) is 31.3. The number of amides is 9. The van der Waals surface area contributed by atoms with Gasteiger partial charge in [-0.25, -0.2) is 24.4 Å². The molecule has 0 radical (unpaired) electrons. The van der Waals surface area contributed by atoms with Gasteiger partial charge >= 0.3 is 24.1 Å². The minimum atomic E-state index is -1.16. The predicted molar refractivity (Wildman–Crippen MR) is 404 cm³/mol. The summed E-state index contributed by atoms with van der Waals surface area (Å²) in [4.78, 5) is 145. The van der Waals surface area contributed by atoms with Gasteiger partial charge in [0.25, 0.3) is 17.7 Å². The molecule has 3 aromatic carbocycles. The van der Waals surface area contributed by atoms with Gasteiger partial charge in [0.15, 0.2) is 10.8 Å². The third kappa shape index (κ3) is 18.5. The second kappa shape index (κ2) is 33.2. The molecule has 1 saturated heterocycles. The van der Waals surface area contributed by atoms with E-state index in [0.29, 0.717) is 130 Å². The molecule has 4 atom stereocenters. The summed E-state index contributed by atoms with van der Waals surface area (Å²) in [7, 11) is 0. The number of fused-ring (bicyclic) bond motifs is 2. The van der Waals surface area contributed by atoms with Gasteiger partial charge in [-0.05, 0) is 172 Å². The molecule has 574 valence electrons. The molecule has 0 spiro atoms. The fourth-order valence-corrected chi connectivity index (χ4v) is 19.2. The molecule has 4 aliphatic carbocycles. The highest BCUT2D eigenvalue weighted by Crippen LogP contribution is 2.72. The third-order valence-electron chi connectivity index (χ3n) is 22.2. The van der Waals surface area contributed by atoms with Gasteiger partial charge in [-0.2, -0.15) is 5.10 Å². The number of hydrogen-bond donors (Lipinski definition) is 8. The Morgan fingerprint density at radius 1 is 0.769 bits per heavy atom. The molecule has 108 heavy (non-hydrogen) atoms. The van der Waals surface area contributed by atoms with Crippen molar-refractivity contribution in [3.05, 3.63) is 131 Å². The van der Waals surface area contributed by atoms with E-state index in [9.17, 15) is 58.2 Å². The number of unbranched alkanes of at least 4 members (excludes halogenated alkanes) is 2. The molecule has 9 amide bonds. The molecule has 4 saturated carbocycles. The SMILES string of the molecule is Cc1c(-c2ccc(N3CCc4cccc(C(=O)Nc5nc6ccccc6s5)c4C3)nc2C(=O)O)cnn1CC12CC3(C)CC(C)(C1)CC(OCCN(CCC(=O)O)C1CCN(C(=O)OCc4ccc(NC(=O)[C@H](CCCNC(N)=O)NC(=O)C(NC(=O)CCCCCN5C(=O)C=CC5=O)C(C)C)cc4)CC1)(C3)C2. The van der Waals surface area contributed by atoms with Gasteiger partial charge in [0.2, 0.25) is 17.7 Å². The summed E-state index contributed by atoms with van der Waals surface area (Å²) in [6.45, 7) is 14.2. The number of aromatic carboxylic acids is 1. The number of likely N-dealkylation sites (tertiary alicyclic amines) is 1. The Labute approximate surface area is 631 Å². The monoisotopic (exact) mass is 1500 g/mol. The second-order valence-corrected chi connectivity index (χ2v) is 32.4. The van der Waals surface area contributed by atoms with Crippen molar-refractivity contribution in [3.8, 4) is 11.1 Å². The minimum absolute atomic E-state index is 0.000910. The van der Waals surface area contributed by atoms with Gasteiger partial charge in [-0.3, -0.25) is 53.4 Å². The highest BCUT2D eigenvalue weighted by atomic mass is 32.1. The summed E-state index contributed by atoms with van der Waals surface area (Å²) in [5.41, 5.74) is 10.9. The van der Waals surface area contributed by atoms with E-state index >= 15 is 0 Å². The van der Waals surface area contributed by atoms with Crippen LogP contribution in [-0.4, -0.2) is 180 Å². The molecule has 5 fully saturated rings. The molecule has 3 aromatic heterocycles. The summed E-state index contributed by atoms with van der Waals surface area (Å²) in [5, 5.41) is 40.1. The lowest BCUT2D eigenvalue weighted by Gasteiger charge is -2.69. The molecule has 13 rings (SSSR count). The number of benzene rings is 3. The van der Waals surface area contributed by atoms with Crippen LogP contribution >= 0.6 is 11.3 Å². The van der Waals surface area contributed by atoms with Crippen LogP contribution in [0.5, 0.6) is 0 Å². The molecule has 28 nitrogen and oxygen atoms in total. The lowest BCUT2D eigenvalue weighted by Crippen LogP contribution is -2.64. The number of carboxylic acid groups (broad SMARTS) is 2. The quantitative estimate of drug-likeness (QED) is 0.0140. The number of carbonyl (C=O) groups excluding carboxylic acids is 8. The average Bonchev–Trinajstić information content (AvgIpc) is 0.724. The van der Waals surface area contributed by atoms with E-state index in [2.05, 4.69) is 50.3 Å². The number of aliphatic carboxylic acids is 1. The Balaban J connectivity index is 0.620. The van der Waals surface area contributed by atoms with Crippen LogP contribution < -0.4 is 37.2 Å². The number of para-hydroxylation sites is 1. The van der Waals surface area contributed by atoms with Gasteiger partial charge in [0.05, 0.1) is 35.0 Å².